The van der Waals surface area contributed by atoms with Gasteiger partial charge in [0.05, 0.1) is 6.04 Å². The first-order valence-corrected chi connectivity index (χ1v) is 5.04. The summed E-state index contributed by atoms with van der Waals surface area (Å²) >= 11 is 0. The third kappa shape index (κ3) is 2.34. The predicted molar refractivity (Wildman–Crippen MR) is 60.5 cm³/mol. The van der Waals surface area contributed by atoms with Crippen LogP contribution in [0.3, 0.4) is 0 Å². The Labute approximate surface area is 93.4 Å². The highest BCUT2D eigenvalue weighted by Gasteiger charge is 2.09. The summed E-state index contributed by atoms with van der Waals surface area (Å²) in [4.78, 5) is 7.85. The molecule has 0 amide bonds. The molecular formula is C12H12FN3. The summed E-state index contributed by atoms with van der Waals surface area (Å²) in [5, 5.41) is 3.11. The van der Waals surface area contributed by atoms with Crippen LogP contribution in [0.5, 0.6) is 0 Å². The summed E-state index contributed by atoms with van der Waals surface area (Å²) in [5.41, 5.74) is 0.626. The number of rotatable bonds is 3. The Bertz CT molecular complexity index is 459. The molecule has 0 fully saturated rings. The van der Waals surface area contributed by atoms with E-state index in [1.807, 2.05) is 13.0 Å². The molecule has 0 radical (unpaired) electrons. The van der Waals surface area contributed by atoms with Crippen molar-refractivity contribution in [2.45, 2.75) is 13.0 Å². The maximum absolute atomic E-state index is 13.5. The molecule has 16 heavy (non-hydrogen) atoms. The Morgan fingerprint density at radius 2 is 2.06 bits per heavy atom. The lowest BCUT2D eigenvalue weighted by Crippen LogP contribution is -2.09. The second-order valence-electron chi connectivity index (χ2n) is 3.48. The van der Waals surface area contributed by atoms with Crippen molar-refractivity contribution in [3.8, 4) is 0 Å². The van der Waals surface area contributed by atoms with Gasteiger partial charge in [-0.05, 0) is 19.1 Å². The number of hydrogen-bond acceptors (Lipinski definition) is 3. The van der Waals surface area contributed by atoms with Crippen molar-refractivity contribution in [2.24, 2.45) is 0 Å². The molecule has 0 aliphatic rings. The minimum absolute atomic E-state index is 0.129. The molecule has 1 heterocycles. The van der Waals surface area contributed by atoms with E-state index in [4.69, 9.17) is 0 Å². The van der Waals surface area contributed by atoms with E-state index in [2.05, 4.69) is 15.3 Å². The SMILES string of the molecule is CC(Nc1ccncn1)c1ccccc1F. The largest absolute Gasteiger partial charge is 0.363 e. The van der Waals surface area contributed by atoms with Crippen molar-refractivity contribution in [3.05, 3.63) is 54.2 Å². The third-order valence-electron chi connectivity index (χ3n) is 2.32. The lowest BCUT2D eigenvalue weighted by Gasteiger charge is -2.15. The Balaban J connectivity index is 2.15. The zero-order chi connectivity index (χ0) is 11.4. The van der Waals surface area contributed by atoms with Gasteiger partial charge in [-0.25, -0.2) is 14.4 Å². The molecule has 0 bridgehead atoms. The van der Waals surface area contributed by atoms with Crippen LogP contribution in [-0.4, -0.2) is 9.97 Å². The maximum Gasteiger partial charge on any atom is 0.129 e. The van der Waals surface area contributed by atoms with Crippen LogP contribution in [-0.2, 0) is 0 Å². The molecule has 1 atom stereocenters. The van der Waals surface area contributed by atoms with Gasteiger partial charge in [-0.3, -0.25) is 0 Å². The zero-order valence-electron chi connectivity index (χ0n) is 8.89. The molecule has 0 aliphatic carbocycles. The number of hydrogen-bond donors (Lipinski definition) is 1. The van der Waals surface area contributed by atoms with Crippen LogP contribution in [0.1, 0.15) is 18.5 Å². The van der Waals surface area contributed by atoms with E-state index in [0.717, 1.165) is 0 Å². The van der Waals surface area contributed by atoms with Crippen molar-refractivity contribution in [2.75, 3.05) is 5.32 Å². The molecule has 4 heteroatoms. The van der Waals surface area contributed by atoms with Gasteiger partial charge in [0.25, 0.3) is 0 Å². The van der Waals surface area contributed by atoms with Gasteiger partial charge in [0, 0.05) is 11.8 Å². The second-order valence-corrected chi connectivity index (χ2v) is 3.48. The van der Waals surface area contributed by atoms with Crippen molar-refractivity contribution < 1.29 is 4.39 Å². The zero-order valence-corrected chi connectivity index (χ0v) is 8.89. The fourth-order valence-electron chi connectivity index (χ4n) is 1.50. The fraction of sp³-hybridized carbons (Fsp3) is 0.167. The molecule has 82 valence electrons. The van der Waals surface area contributed by atoms with E-state index < -0.39 is 0 Å². The summed E-state index contributed by atoms with van der Waals surface area (Å²) in [6.45, 7) is 1.89. The van der Waals surface area contributed by atoms with Gasteiger partial charge >= 0.3 is 0 Å². The molecule has 0 saturated carbocycles. The minimum Gasteiger partial charge on any atom is -0.363 e. The normalized spacial score (nSPS) is 12.1. The minimum atomic E-state index is -0.212. The van der Waals surface area contributed by atoms with Gasteiger partial charge in [0.1, 0.15) is 18.0 Å². The molecule has 2 aromatic rings. The van der Waals surface area contributed by atoms with E-state index in [9.17, 15) is 4.39 Å². The number of halogens is 1. The van der Waals surface area contributed by atoms with E-state index in [1.165, 1.54) is 12.4 Å². The van der Waals surface area contributed by atoms with Gasteiger partial charge in [-0.15, -0.1) is 0 Å². The third-order valence-corrected chi connectivity index (χ3v) is 2.32. The van der Waals surface area contributed by atoms with Crippen molar-refractivity contribution in [1.29, 1.82) is 0 Å². The number of nitrogens with zero attached hydrogens (tertiary/aromatic N) is 2. The molecule has 1 unspecified atom stereocenters. The smallest absolute Gasteiger partial charge is 0.129 e. The standard InChI is InChI=1S/C12H12FN3/c1-9(10-4-2-3-5-11(10)13)16-12-6-7-14-8-15-12/h2-9H,1H3,(H,14,15,16). The summed E-state index contributed by atoms with van der Waals surface area (Å²) in [6, 6.07) is 8.32. The lowest BCUT2D eigenvalue weighted by molar-refractivity contribution is 0.600. The van der Waals surface area contributed by atoms with Crippen LogP contribution in [0.4, 0.5) is 10.2 Å². The Kier molecular flexibility index (Phi) is 3.10. The summed E-state index contributed by atoms with van der Waals surface area (Å²) < 4.78 is 13.5. The fourth-order valence-corrected chi connectivity index (χ4v) is 1.50. The summed E-state index contributed by atoms with van der Waals surface area (Å²) in [5.74, 6) is 0.474. The first kappa shape index (κ1) is 10.5. The molecule has 0 saturated heterocycles. The van der Waals surface area contributed by atoms with Gasteiger partial charge in [0.2, 0.25) is 0 Å². The van der Waals surface area contributed by atoms with Gasteiger partial charge < -0.3 is 5.32 Å². The number of nitrogens with one attached hydrogen (secondary N) is 1. The van der Waals surface area contributed by atoms with Crippen LogP contribution >= 0.6 is 0 Å². The van der Waals surface area contributed by atoms with Crippen LogP contribution < -0.4 is 5.32 Å². The second kappa shape index (κ2) is 4.70. The Hall–Kier alpha value is -1.97. The van der Waals surface area contributed by atoms with Crippen molar-refractivity contribution in [1.82, 2.24) is 9.97 Å². The highest BCUT2D eigenvalue weighted by molar-refractivity contribution is 5.36. The molecule has 1 N–H and O–H groups in total. The molecule has 1 aromatic carbocycles. The average molecular weight is 217 g/mol. The van der Waals surface area contributed by atoms with Crippen LogP contribution in [0.25, 0.3) is 0 Å². The first-order valence-electron chi connectivity index (χ1n) is 5.04. The van der Waals surface area contributed by atoms with Crippen molar-refractivity contribution in [3.63, 3.8) is 0 Å². The molecule has 0 spiro atoms. The summed E-state index contributed by atoms with van der Waals surface area (Å²) in [7, 11) is 0. The molecule has 3 nitrogen and oxygen atoms in total. The number of benzene rings is 1. The van der Waals surface area contributed by atoms with Crippen LogP contribution in [0.15, 0.2) is 42.9 Å². The monoisotopic (exact) mass is 217 g/mol. The predicted octanol–water partition coefficient (Wildman–Crippen LogP) is 2.79. The highest BCUT2D eigenvalue weighted by atomic mass is 19.1. The van der Waals surface area contributed by atoms with E-state index in [1.54, 1.807) is 24.4 Å². The van der Waals surface area contributed by atoms with Crippen molar-refractivity contribution >= 4 is 5.82 Å². The topological polar surface area (TPSA) is 37.8 Å². The highest BCUT2D eigenvalue weighted by Crippen LogP contribution is 2.19. The Morgan fingerprint density at radius 3 is 2.75 bits per heavy atom. The van der Waals surface area contributed by atoms with Crippen LogP contribution in [0, 0.1) is 5.82 Å². The molecular weight excluding hydrogens is 205 g/mol. The van der Waals surface area contributed by atoms with Crippen LogP contribution in [0.2, 0.25) is 0 Å². The van der Waals surface area contributed by atoms with Gasteiger partial charge in [-0.1, -0.05) is 18.2 Å². The molecule has 2 rings (SSSR count). The van der Waals surface area contributed by atoms with Gasteiger partial charge in [0.15, 0.2) is 0 Å². The van der Waals surface area contributed by atoms with E-state index in [-0.39, 0.29) is 11.9 Å². The maximum atomic E-state index is 13.5. The number of anilines is 1. The van der Waals surface area contributed by atoms with E-state index >= 15 is 0 Å². The summed E-state index contributed by atoms with van der Waals surface area (Å²) in [6.07, 6.45) is 3.10. The molecule has 0 aliphatic heterocycles. The quantitative estimate of drug-likeness (QED) is 0.859. The van der Waals surface area contributed by atoms with E-state index in [0.29, 0.717) is 11.4 Å². The average Bonchev–Trinajstić information content (AvgIpc) is 2.31. The first-order chi connectivity index (χ1) is 7.77. The Morgan fingerprint density at radius 1 is 1.25 bits per heavy atom. The number of aromatic nitrogens is 2. The molecule has 1 aromatic heterocycles. The van der Waals surface area contributed by atoms with Gasteiger partial charge in [-0.2, -0.15) is 0 Å². The lowest BCUT2D eigenvalue weighted by atomic mass is 10.1.